The number of carbonyl (C=O) groups excluding carboxylic acids is 1. The van der Waals surface area contributed by atoms with Gasteiger partial charge in [0.2, 0.25) is 1.43 Å². The van der Waals surface area contributed by atoms with Gasteiger partial charge in [0.25, 0.3) is 1.43 Å². The molecule has 4 atom stereocenters. The number of phenolic OH excluding ortho intramolecular Hbond substituents is 1. The van der Waals surface area contributed by atoms with Gasteiger partial charge in [-0.3, -0.25) is 9.69 Å². The Morgan fingerprint density at radius 3 is 3.08 bits per heavy atom. The Balaban J connectivity index is 1.59. The van der Waals surface area contributed by atoms with Gasteiger partial charge in [-0.1, -0.05) is 6.07 Å². The van der Waals surface area contributed by atoms with Crippen molar-refractivity contribution in [3.8, 4) is 11.5 Å². The average Bonchev–Trinajstić information content (AvgIpc) is 3.43. The monoisotopic (exact) mass is 343 g/mol. The highest BCUT2D eigenvalue weighted by Gasteiger charge is 2.73. The molecule has 1 aromatic carbocycles. The number of benzene rings is 1. The number of aromatic hydroxyl groups is 1. The standard InChI is InChI=1S/C20H23NO4/c22-13-4-3-12-9-15-20(24)6-5-14(23)18-19(20,16(12)17(13)25-18)7-8-21(15)10-11-1-2-11/h3-4,11,15,18,22,24H,1-2,5-10H2/t15-,18+,19+,20-/m1/s1/i24D/hD. The summed E-state index contributed by atoms with van der Waals surface area (Å²) in [5.41, 5.74) is 0.755. The lowest BCUT2D eigenvalue weighted by molar-refractivity contribution is -0.188. The van der Waals surface area contributed by atoms with Gasteiger partial charge in [-0.25, -0.2) is 0 Å². The van der Waals surface area contributed by atoms with E-state index >= 15 is 0 Å². The number of ether oxygens (including phenoxy) is 1. The molecule has 3 fully saturated rings. The van der Waals surface area contributed by atoms with Crippen LogP contribution < -0.4 is 4.74 Å². The zero-order valence-electron chi connectivity index (χ0n) is 16.1. The first-order chi connectivity index (χ1) is 13.1. The lowest BCUT2D eigenvalue weighted by atomic mass is 9.49. The van der Waals surface area contributed by atoms with Gasteiger partial charge in [-0.15, -0.1) is 0 Å². The van der Waals surface area contributed by atoms with Crippen LogP contribution in [0.3, 0.4) is 0 Å². The summed E-state index contributed by atoms with van der Waals surface area (Å²) in [4.78, 5) is 15.4. The van der Waals surface area contributed by atoms with Crippen molar-refractivity contribution in [1.82, 2.24) is 4.90 Å². The Morgan fingerprint density at radius 2 is 2.28 bits per heavy atom. The molecule has 0 aromatic heterocycles. The van der Waals surface area contributed by atoms with E-state index in [1.165, 1.54) is 12.8 Å². The van der Waals surface area contributed by atoms with Crippen molar-refractivity contribution < 1.29 is 19.7 Å². The third kappa shape index (κ3) is 1.56. The van der Waals surface area contributed by atoms with Crippen LogP contribution in [0.1, 0.15) is 43.2 Å². The van der Waals surface area contributed by atoms with Crippen LogP contribution in [0.15, 0.2) is 12.1 Å². The lowest BCUT2D eigenvalue weighted by Gasteiger charge is -2.62. The molecule has 5 heteroatoms. The molecule has 2 aliphatic heterocycles. The molecule has 5 nitrogen and oxygen atoms in total. The minimum atomic E-state index is -0.738. The highest BCUT2D eigenvalue weighted by molar-refractivity contribution is 5.90. The second-order valence-electron chi connectivity index (χ2n) is 8.66. The molecule has 5 aliphatic rings. The summed E-state index contributed by atoms with van der Waals surface area (Å²) in [5.74, 6) is 1.72. The quantitative estimate of drug-likeness (QED) is 0.868. The van der Waals surface area contributed by atoms with Crippen LogP contribution in [0, 0.1) is 5.92 Å². The number of rotatable bonds is 4. The Morgan fingerprint density at radius 1 is 1.36 bits per heavy atom. The van der Waals surface area contributed by atoms with Crippen LogP contribution in [0.25, 0.3) is 0 Å². The van der Waals surface area contributed by atoms with Gasteiger partial charge in [0.05, 0.1) is 11.0 Å². The van der Waals surface area contributed by atoms with Crippen molar-refractivity contribution >= 4 is 5.78 Å². The summed E-state index contributed by atoms with van der Waals surface area (Å²) in [6.07, 6.45) is 4.42. The van der Waals surface area contributed by atoms with Crippen molar-refractivity contribution in [2.45, 2.75) is 61.7 Å². The number of ketones is 1. The highest BCUT2D eigenvalue weighted by Crippen LogP contribution is 2.64. The van der Waals surface area contributed by atoms with Crippen LogP contribution in [0.2, 0.25) is 0 Å². The topological polar surface area (TPSA) is 70.0 Å². The van der Waals surface area contributed by atoms with E-state index in [1.807, 2.05) is 6.07 Å². The van der Waals surface area contributed by atoms with Crippen LogP contribution >= 0.6 is 0 Å². The summed E-state index contributed by atoms with van der Waals surface area (Å²) in [6, 6.07) is 3.87. The molecule has 0 unspecified atom stereocenters. The number of hydrogen-bond acceptors (Lipinski definition) is 5. The number of aliphatic hydroxyl groups is 1. The van der Waals surface area contributed by atoms with E-state index in [2.05, 4.69) is 4.90 Å². The Labute approximate surface area is 149 Å². The molecule has 25 heavy (non-hydrogen) atoms. The highest BCUT2D eigenvalue weighted by atomic mass is 16.5. The Bertz CT molecular complexity index is 844. The number of nitrogens with zero attached hydrogens (tertiary/aromatic N) is 1. The fourth-order valence-corrected chi connectivity index (χ4v) is 6.22. The molecule has 1 aromatic rings. The molecular formula is C20H23NO4. The van der Waals surface area contributed by atoms with Crippen molar-refractivity contribution in [2.24, 2.45) is 5.92 Å². The number of piperidine rings is 1. The second kappa shape index (κ2) is 4.38. The van der Waals surface area contributed by atoms with Gasteiger partial charge in [-0.05, 0) is 56.2 Å². The third-order valence-electron chi connectivity index (χ3n) is 7.50. The van der Waals surface area contributed by atoms with Gasteiger partial charge in [0.15, 0.2) is 23.4 Å². The van der Waals surface area contributed by atoms with Gasteiger partial charge >= 0.3 is 0 Å². The minimum Gasteiger partial charge on any atom is -0.504 e. The SMILES string of the molecule is [2H]Oc1ccc2c3c1O[C@H]1C(=O)CC[C@@]4(O[2H])[C@@H](C2)N(CC2CC2)CC[C@]314. The van der Waals surface area contributed by atoms with Gasteiger partial charge in [-0.2, -0.15) is 0 Å². The molecule has 2 saturated carbocycles. The molecule has 1 spiro atoms. The predicted octanol–water partition coefficient (Wildman–Crippen LogP) is 1.53. The molecule has 1 saturated heterocycles. The summed E-state index contributed by atoms with van der Waals surface area (Å²) < 4.78 is 21.7. The van der Waals surface area contributed by atoms with Crippen LogP contribution in [-0.4, -0.2) is 54.6 Å². The first-order valence-electron chi connectivity index (χ1n) is 10.3. The molecule has 2 N–H and O–H groups in total. The second-order valence-corrected chi connectivity index (χ2v) is 8.66. The Kier molecular flexibility index (Phi) is 2.23. The maximum absolute atomic E-state index is 12.9. The van der Waals surface area contributed by atoms with Gasteiger partial charge < -0.3 is 15.0 Å². The van der Waals surface area contributed by atoms with Gasteiger partial charge in [0, 0.05) is 24.6 Å². The van der Waals surface area contributed by atoms with Gasteiger partial charge in [0.1, 0.15) is 0 Å². The smallest absolute Gasteiger partial charge is 0.293 e. The molecular weight excluding hydrogens is 318 g/mol. The summed E-state index contributed by atoms with van der Waals surface area (Å²) in [6.45, 7) is 1.95. The number of likely N-dealkylation sites (tertiary alicyclic amines) is 1. The van der Waals surface area contributed by atoms with Crippen molar-refractivity contribution in [2.75, 3.05) is 13.1 Å². The fraction of sp³-hybridized carbons (Fsp3) is 0.650. The first-order valence-corrected chi connectivity index (χ1v) is 9.52. The number of hydrogen-bond donors (Lipinski definition) is 2. The summed E-state index contributed by atoms with van der Waals surface area (Å²) >= 11 is 0. The molecule has 6 rings (SSSR count). The largest absolute Gasteiger partial charge is 0.504 e. The van der Waals surface area contributed by atoms with E-state index in [4.69, 9.17) is 17.8 Å². The molecule has 3 aliphatic carbocycles. The van der Waals surface area contributed by atoms with Crippen LogP contribution in [0.5, 0.6) is 11.5 Å². The van der Waals surface area contributed by atoms with E-state index in [9.17, 15) is 4.79 Å². The zero-order valence-corrected chi connectivity index (χ0v) is 14.1. The Hall–Kier alpha value is -1.59. The molecule has 132 valence electrons. The number of Topliss-reactive ketones (excluding diaryl/α,β-unsaturated/α-hetero) is 1. The molecule has 0 radical (unpaired) electrons. The van der Waals surface area contributed by atoms with E-state index in [1.54, 1.807) is 6.07 Å². The van der Waals surface area contributed by atoms with E-state index in [0.29, 0.717) is 24.3 Å². The zero-order chi connectivity index (χ0) is 18.4. The summed E-state index contributed by atoms with van der Waals surface area (Å²) in [5, 5.41) is 10.5. The number of carbonyl (C=O) groups is 1. The maximum Gasteiger partial charge on any atom is 0.293 e. The van der Waals surface area contributed by atoms with Crippen molar-refractivity contribution in [1.29, 1.82) is 2.86 Å². The predicted molar refractivity (Wildman–Crippen MR) is 89.8 cm³/mol. The molecule has 2 bridgehead atoms. The van der Waals surface area contributed by atoms with Crippen LogP contribution in [0.4, 0.5) is 0 Å². The maximum atomic E-state index is 12.9. The van der Waals surface area contributed by atoms with Crippen LogP contribution in [-0.2, 0) is 16.6 Å². The molecule has 0 amide bonds. The van der Waals surface area contributed by atoms with Crippen molar-refractivity contribution in [3.05, 3.63) is 23.3 Å². The third-order valence-corrected chi connectivity index (χ3v) is 7.50. The normalized spacial score (nSPS) is 42.3. The average molecular weight is 343 g/mol. The number of phenols is 1. The minimum absolute atomic E-state index is 0.0806. The van der Waals surface area contributed by atoms with Crippen molar-refractivity contribution in [3.63, 3.8) is 0 Å². The van der Waals surface area contributed by atoms with E-state index < -0.39 is 17.1 Å². The van der Waals surface area contributed by atoms with E-state index in [-0.39, 0.29) is 11.8 Å². The first kappa shape index (κ1) is 12.7. The van der Waals surface area contributed by atoms with E-state index in [0.717, 1.165) is 43.0 Å². The fourth-order valence-electron chi connectivity index (χ4n) is 6.22. The molecule has 2 heterocycles. The summed E-state index contributed by atoms with van der Waals surface area (Å²) in [7, 11) is 0. The lowest BCUT2D eigenvalue weighted by Crippen LogP contribution is -2.76.